The molecule has 5 saturated carbocycles. The van der Waals surface area contributed by atoms with Gasteiger partial charge in [0, 0.05) is 11.3 Å². The van der Waals surface area contributed by atoms with Crippen molar-refractivity contribution in [2.24, 2.45) is 45.8 Å². The third-order valence-corrected chi connectivity index (χ3v) is 10.1. The van der Waals surface area contributed by atoms with Gasteiger partial charge in [0.1, 0.15) is 5.78 Å². The quantitative estimate of drug-likeness (QED) is 0.787. The Bertz CT molecular complexity index is 570. The molecule has 8 unspecified atom stereocenters. The summed E-state index contributed by atoms with van der Waals surface area (Å²) in [7, 11) is 0. The molecule has 0 amide bonds. The summed E-state index contributed by atoms with van der Waals surface area (Å²) in [5.41, 5.74) is 0.894. The lowest BCUT2D eigenvalue weighted by Gasteiger charge is -2.60. The molecule has 0 saturated heterocycles. The highest BCUT2D eigenvalue weighted by atomic mass is 16.3. The van der Waals surface area contributed by atoms with Gasteiger partial charge in [0.05, 0.1) is 6.10 Å². The third kappa shape index (κ3) is 1.50. The monoisotopic (exact) mass is 316 g/mol. The van der Waals surface area contributed by atoms with Crippen LogP contribution in [0.3, 0.4) is 0 Å². The summed E-state index contributed by atoms with van der Waals surface area (Å²) in [5.74, 6) is 3.68. The van der Waals surface area contributed by atoms with Crippen LogP contribution in [0.5, 0.6) is 0 Å². The zero-order valence-corrected chi connectivity index (χ0v) is 15.0. The molecule has 0 aliphatic heterocycles. The molecular weight excluding hydrogens is 284 g/mol. The predicted octanol–water partition coefficient (Wildman–Crippen LogP) is 4.21. The van der Waals surface area contributed by atoms with Crippen LogP contribution in [-0.2, 0) is 4.79 Å². The van der Waals surface area contributed by atoms with E-state index < -0.39 is 0 Å². The van der Waals surface area contributed by atoms with E-state index in [1.54, 1.807) is 0 Å². The lowest BCUT2D eigenvalue weighted by atomic mass is 9.45. The van der Waals surface area contributed by atoms with Crippen molar-refractivity contribution in [3.05, 3.63) is 0 Å². The van der Waals surface area contributed by atoms with Crippen molar-refractivity contribution in [1.29, 1.82) is 0 Å². The van der Waals surface area contributed by atoms with Crippen LogP contribution in [0, 0.1) is 45.8 Å². The molecule has 0 aromatic heterocycles. The van der Waals surface area contributed by atoms with Gasteiger partial charge in [-0.15, -0.1) is 0 Å². The van der Waals surface area contributed by atoms with Gasteiger partial charge >= 0.3 is 0 Å². The van der Waals surface area contributed by atoms with E-state index in [-0.39, 0.29) is 17.4 Å². The molecule has 0 bridgehead atoms. The average Bonchev–Trinajstić information content (AvgIpc) is 3.01. The molecule has 2 heteroatoms. The number of carbonyl (C=O) groups is 1. The summed E-state index contributed by atoms with van der Waals surface area (Å²) < 4.78 is 0. The average molecular weight is 316 g/mol. The van der Waals surface area contributed by atoms with Gasteiger partial charge in [-0.05, 0) is 92.8 Å². The number of carbonyl (C=O) groups excluding carboxylic acids is 1. The number of hydrogen-bond acceptors (Lipinski definition) is 2. The van der Waals surface area contributed by atoms with Crippen molar-refractivity contribution >= 4 is 5.78 Å². The lowest BCUT2D eigenvalue weighted by molar-refractivity contribution is -0.153. The van der Waals surface area contributed by atoms with E-state index in [9.17, 15) is 9.90 Å². The highest BCUT2D eigenvalue weighted by molar-refractivity contribution is 5.79. The topological polar surface area (TPSA) is 37.3 Å². The number of aliphatic hydroxyl groups is 1. The van der Waals surface area contributed by atoms with E-state index in [1.807, 2.05) is 6.92 Å². The second-order valence-electron chi connectivity index (χ2n) is 10.3. The Morgan fingerprint density at radius 3 is 2.52 bits per heavy atom. The first kappa shape index (κ1) is 14.9. The Hall–Kier alpha value is -0.370. The number of rotatable bonds is 1. The van der Waals surface area contributed by atoms with Gasteiger partial charge in [-0.2, -0.15) is 0 Å². The summed E-state index contributed by atoms with van der Waals surface area (Å²) in [6.07, 6.45) is 9.83. The molecule has 23 heavy (non-hydrogen) atoms. The Morgan fingerprint density at radius 1 is 1.04 bits per heavy atom. The Balaban J connectivity index is 1.52. The molecule has 0 aromatic carbocycles. The standard InChI is InChI=1S/C21H32O2/c1-12(22)15-4-5-16-14-10-18(23)21-11-13(21)6-9-20(21,3)17(14)7-8-19(15,16)2/h13-18,23H,4-11H2,1-3H3/t13-,14?,15?,16?,17?,18?,19?,20?,21?/m1/s1. The summed E-state index contributed by atoms with van der Waals surface area (Å²) in [4.78, 5) is 12.2. The lowest BCUT2D eigenvalue weighted by Crippen LogP contribution is -2.56. The van der Waals surface area contributed by atoms with Crippen molar-refractivity contribution in [2.75, 3.05) is 0 Å². The summed E-state index contributed by atoms with van der Waals surface area (Å²) >= 11 is 0. The fourth-order valence-corrected chi connectivity index (χ4v) is 8.98. The summed E-state index contributed by atoms with van der Waals surface area (Å²) in [6, 6.07) is 0. The van der Waals surface area contributed by atoms with Gasteiger partial charge in [0.2, 0.25) is 0 Å². The Kier molecular flexibility index (Phi) is 2.75. The van der Waals surface area contributed by atoms with E-state index in [1.165, 1.54) is 38.5 Å². The van der Waals surface area contributed by atoms with Crippen molar-refractivity contribution in [3.8, 4) is 0 Å². The predicted molar refractivity (Wildman–Crippen MR) is 89.7 cm³/mol. The summed E-state index contributed by atoms with van der Waals surface area (Å²) in [6.45, 7) is 6.74. The maximum absolute atomic E-state index is 12.2. The number of Topliss-reactive ketones (excluding diaryl/α,β-unsaturated/α-hetero) is 1. The molecule has 0 radical (unpaired) electrons. The van der Waals surface area contributed by atoms with Gasteiger partial charge in [-0.25, -0.2) is 0 Å². The molecule has 5 fully saturated rings. The molecule has 9 atom stereocenters. The largest absolute Gasteiger partial charge is 0.393 e. The molecule has 0 aromatic rings. The fraction of sp³-hybridized carbons (Fsp3) is 0.952. The van der Waals surface area contributed by atoms with Gasteiger partial charge < -0.3 is 5.11 Å². The van der Waals surface area contributed by atoms with Crippen molar-refractivity contribution < 1.29 is 9.90 Å². The highest BCUT2D eigenvalue weighted by Gasteiger charge is 2.77. The van der Waals surface area contributed by atoms with Crippen LogP contribution in [0.4, 0.5) is 0 Å². The molecule has 1 spiro atoms. The molecular formula is C21H32O2. The molecule has 5 aliphatic rings. The van der Waals surface area contributed by atoms with Crippen LogP contribution < -0.4 is 0 Å². The van der Waals surface area contributed by atoms with Crippen LogP contribution in [0.2, 0.25) is 0 Å². The van der Waals surface area contributed by atoms with Crippen LogP contribution in [0.1, 0.15) is 72.1 Å². The SMILES string of the molecule is CC(=O)C1CCC2C3CC(O)C45C[C@H]4CCC5(C)C3CCC12C. The first-order valence-corrected chi connectivity index (χ1v) is 10.0. The van der Waals surface area contributed by atoms with Gasteiger partial charge in [-0.1, -0.05) is 13.8 Å². The zero-order chi connectivity index (χ0) is 16.2. The second-order valence-corrected chi connectivity index (χ2v) is 10.3. The van der Waals surface area contributed by atoms with Crippen LogP contribution in [-0.4, -0.2) is 17.0 Å². The molecule has 5 rings (SSSR count). The first-order chi connectivity index (χ1) is 10.8. The minimum Gasteiger partial charge on any atom is -0.393 e. The summed E-state index contributed by atoms with van der Waals surface area (Å²) in [5, 5.41) is 11.1. The zero-order valence-electron chi connectivity index (χ0n) is 15.0. The van der Waals surface area contributed by atoms with E-state index in [0.717, 1.165) is 24.7 Å². The minimum atomic E-state index is -0.0695. The Morgan fingerprint density at radius 2 is 1.83 bits per heavy atom. The molecule has 128 valence electrons. The van der Waals surface area contributed by atoms with E-state index in [4.69, 9.17) is 0 Å². The van der Waals surface area contributed by atoms with Crippen molar-refractivity contribution in [3.63, 3.8) is 0 Å². The van der Waals surface area contributed by atoms with Gasteiger partial charge in [0.15, 0.2) is 0 Å². The molecule has 2 nitrogen and oxygen atoms in total. The number of ketones is 1. The number of fused-ring (bicyclic) bond motifs is 4. The van der Waals surface area contributed by atoms with Crippen molar-refractivity contribution in [1.82, 2.24) is 0 Å². The Labute approximate surface area is 140 Å². The van der Waals surface area contributed by atoms with Gasteiger partial charge in [0.25, 0.3) is 0 Å². The third-order valence-electron chi connectivity index (χ3n) is 10.1. The second kappa shape index (κ2) is 4.23. The maximum Gasteiger partial charge on any atom is 0.133 e. The van der Waals surface area contributed by atoms with Crippen LogP contribution >= 0.6 is 0 Å². The maximum atomic E-state index is 12.2. The highest BCUT2D eigenvalue weighted by Crippen LogP contribution is 2.81. The molecule has 1 N–H and O–H groups in total. The normalized spacial score (nSPS) is 63.0. The van der Waals surface area contributed by atoms with Crippen LogP contribution in [0.25, 0.3) is 0 Å². The smallest absolute Gasteiger partial charge is 0.133 e. The number of aliphatic hydroxyl groups excluding tert-OH is 1. The van der Waals surface area contributed by atoms with Crippen molar-refractivity contribution in [2.45, 2.75) is 78.2 Å². The molecule has 5 aliphatic carbocycles. The molecule has 0 heterocycles. The van der Waals surface area contributed by atoms with E-state index >= 15 is 0 Å². The van der Waals surface area contributed by atoms with E-state index in [2.05, 4.69) is 13.8 Å². The van der Waals surface area contributed by atoms with E-state index in [0.29, 0.717) is 28.4 Å². The number of hydrogen-bond donors (Lipinski definition) is 1. The van der Waals surface area contributed by atoms with Gasteiger partial charge in [-0.3, -0.25) is 4.79 Å². The fourth-order valence-electron chi connectivity index (χ4n) is 8.98. The first-order valence-electron chi connectivity index (χ1n) is 10.0. The minimum absolute atomic E-state index is 0.0695. The van der Waals surface area contributed by atoms with Crippen LogP contribution in [0.15, 0.2) is 0 Å².